The number of anilines is 2. The van der Waals surface area contributed by atoms with E-state index in [-0.39, 0.29) is 16.9 Å². The Morgan fingerprint density at radius 2 is 2.04 bits per heavy atom. The largest absolute Gasteiger partial charge is 0.384 e. The highest BCUT2D eigenvalue weighted by molar-refractivity contribution is 7.13. The number of carbonyl (C=O) groups excluding carboxylic acids is 3. The Balaban J connectivity index is 1.85. The van der Waals surface area contributed by atoms with Crippen LogP contribution in [-0.4, -0.2) is 27.3 Å². The van der Waals surface area contributed by atoms with E-state index in [0.717, 1.165) is 10.6 Å². The second-order valence-electron chi connectivity index (χ2n) is 6.02. The number of hydrogen-bond acceptors (Lipinski definition) is 7. The van der Waals surface area contributed by atoms with Gasteiger partial charge in [-0.2, -0.15) is 0 Å². The molecule has 2 aromatic heterocycles. The lowest BCUT2D eigenvalue weighted by atomic mass is 10.0. The van der Waals surface area contributed by atoms with E-state index in [1.807, 2.05) is 0 Å². The second-order valence-corrected chi connectivity index (χ2v) is 6.91. The number of fused-ring (bicyclic) bond motifs is 1. The third-order valence-electron chi connectivity index (χ3n) is 4.40. The summed E-state index contributed by atoms with van der Waals surface area (Å²) in [5, 5.41) is 6.98. The fraction of sp³-hybridized carbons (Fsp3) is 0.0556. The molecule has 3 aromatic rings. The van der Waals surface area contributed by atoms with Gasteiger partial charge in [-0.25, -0.2) is 4.98 Å². The van der Waals surface area contributed by atoms with Gasteiger partial charge in [0.25, 0.3) is 23.3 Å². The number of aromatic nitrogens is 2. The number of nitrogens with one attached hydrogen (secondary N) is 2. The smallest absolute Gasteiger partial charge is 0.262 e. The molecule has 140 valence electrons. The van der Waals surface area contributed by atoms with E-state index >= 15 is 0 Å². The molecule has 0 saturated carbocycles. The number of nitrogens with two attached hydrogens (primary N) is 1. The molecule has 0 spiro atoms. The number of amides is 3. The zero-order valence-electron chi connectivity index (χ0n) is 14.5. The van der Waals surface area contributed by atoms with Crippen molar-refractivity contribution >= 4 is 40.0 Å². The van der Waals surface area contributed by atoms with Crippen LogP contribution in [0.15, 0.2) is 40.6 Å². The average molecular weight is 395 g/mol. The normalized spacial score (nSPS) is 12.6. The predicted molar refractivity (Wildman–Crippen MR) is 103 cm³/mol. The van der Waals surface area contributed by atoms with Gasteiger partial charge < -0.3 is 5.73 Å². The standard InChI is InChI=1S/C18H13N5O4S/c1-8-9(15(25)22-18-20-5-6-28-18)3-2-4-11(8)23-12(24)7-10-13(14(23)19)17(27)21-16(10)26/h2-7H,19H2,1H3,(H,20,22,25)(H,21,26,27). The quantitative estimate of drug-likeness (QED) is 0.572. The third kappa shape index (κ3) is 2.67. The SMILES string of the molecule is Cc1c(C(=O)Nc2nccs2)cccc1-n1c(N)c2c(cc1=O)C(=O)NC2=O. The number of thiazole rings is 1. The summed E-state index contributed by atoms with van der Waals surface area (Å²) in [6.07, 6.45) is 1.57. The summed E-state index contributed by atoms with van der Waals surface area (Å²) < 4.78 is 1.12. The molecule has 0 bridgehead atoms. The van der Waals surface area contributed by atoms with Crippen molar-refractivity contribution in [1.29, 1.82) is 0 Å². The molecular weight excluding hydrogens is 382 g/mol. The summed E-state index contributed by atoms with van der Waals surface area (Å²) in [5.41, 5.74) is 6.51. The van der Waals surface area contributed by atoms with E-state index in [1.54, 1.807) is 36.7 Å². The van der Waals surface area contributed by atoms with E-state index in [0.29, 0.717) is 21.9 Å². The number of nitrogen functional groups attached to an aromatic ring is 1. The number of nitrogens with zero attached hydrogens (tertiary/aromatic N) is 2. The molecule has 4 N–H and O–H groups in total. The van der Waals surface area contributed by atoms with Gasteiger partial charge in [-0.3, -0.25) is 34.4 Å². The van der Waals surface area contributed by atoms with Crippen LogP contribution in [0.1, 0.15) is 36.6 Å². The highest BCUT2D eigenvalue weighted by atomic mass is 32.1. The average Bonchev–Trinajstić information content (AvgIpc) is 3.24. The Kier molecular flexibility index (Phi) is 4.04. The van der Waals surface area contributed by atoms with Gasteiger partial charge in [0.15, 0.2) is 5.13 Å². The lowest BCUT2D eigenvalue weighted by Gasteiger charge is -2.16. The fourth-order valence-corrected chi connectivity index (χ4v) is 3.61. The Morgan fingerprint density at radius 3 is 2.75 bits per heavy atom. The van der Waals surface area contributed by atoms with Crippen molar-refractivity contribution in [2.24, 2.45) is 0 Å². The van der Waals surface area contributed by atoms with Crippen LogP contribution in [0.3, 0.4) is 0 Å². The highest BCUT2D eigenvalue weighted by Gasteiger charge is 2.32. The van der Waals surface area contributed by atoms with Crippen LogP contribution in [-0.2, 0) is 0 Å². The van der Waals surface area contributed by atoms with Gasteiger partial charge in [0.1, 0.15) is 5.82 Å². The molecule has 1 aliphatic rings. The molecule has 0 fully saturated rings. The molecular formula is C18H13N5O4S. The monoisotopic (exact) mass is 395 g/mol. The maximum absolute atomic E-state index is 12.6. The highest BCUT2D eigenvalue weighted by Crippen LogP contribution is 2.26. The number of rotatable bonds is 3. The van der Waals surface area contributed by atoms with Crippen LogP contribution in [0.4, 0.5) is 10.9 Å². The van der Waals surface area contributed by atoms with Crippen molar-refractivity contribution in [2.45, 2.75) is 6.92 Å². The predicted octanol–water partition coefficient (Wildman–Crippen LogP) is 1.32. The van der Waals surface area contributed by atoms with Crippen molar-refractivity contribution in [3.63, 3.8) is 0 Å². The summed E-state index contributed by atoms with van der Waals surface area (Å²) in [6, 6.07) is 5.87. The van der Waals surface area contributed by atoms with Crippen molar-refractivity contribution in [3.8, 4) is 5.69 Å². The van der Waals surface area contributed by atoms with Crippen LogP contribution >= 0.6 is 11.3 Å². The van der Waals surface area contributed by atoms with Crippen LogP contribution in [0.5, 0.6) is 0 Å². The Bertz CT molecular complexity index is 1210. The van der Waals surface area contributed by atoms with Crippen LogP contribution in [0.25, 0.3) is 5.69 Å². The van der Waals surface area contributed by atoms with Gasteiger partial charge in [-0.15, -0.1) is 11.3 Å². The lowest BCUT2D eigenvalue weighted by Crippen LogP contribution is -2.25. The summed E-state index contributed by atoms with van der Waals surface area (Å²) >= 11 is 1.28. The topological polar surface area (TPSA) is 136 Å². The summed E-state index contributed by atoms with van der Waals surface area (Å²) in [4.78, 5) is 53.1. The van der Waals surface area contributed by atoms with Crippen LogP contribution in [0, 0.1) is 6.92 Å². The number of pyridine rings is 1. The molecule has 0 radical (unpaired) electrons. The molecule has 0 saturated heterocycles. The zero-order chi connectivity index (χ0) is 20.0. The van der Waals surface area contributed by atoms with E-state index in [9.17, 15) is 19.2 Å². The number of benzene rings is 1. The minimum atomic E-state index is -0.665. The van der Waals surface area contributed by atoms with E-state index in [2.05, 4.69) is 15.6 Å². The number of imide groups is 1. The Hall–Kier alpha value is -3.79. The molecule has 0 aliphatic carbocycles. The molecule has 9 nitrogen and oxygen atoms in total. The summed E-state index contributed by atoms with van der Waals surface area (Å²) in [7, 11) is 0. The van der Waals surface area contributed by atoms with Gasteiger partial charge in [-0.05, 0) is 24.6 Å². The number of carbonyl (C=O) groups is 3. The maximum atomic E-state index is 12.6. The van der Waals surface area contributed by atoms with E-state index in [1.165, 1.54) is 11.3 Å². The molecule has 4 rings (SSSR count). The van der Waals surface area contributed by atoms with Gasteiger partial charge in [0, 0.05) is 23.2 Å². The van der Waals surface area contributed by atoms with Gasteiger partial charge in [0.05, 0.1) is 16.8 Å². The molecule has 1 aliphatic heterocycles. The first kappa shape index (κ1) is 17.6. The van der Waals surface area contributed by atoms with Crippen molar-refractivity contribution in [2.75, 3.05) is 11.1 Å². The molecule has 10 heteroatoms. The second kappa shape index (κ2) is 6.43. The molecule has 1 aromatic carbocycles. The van der Waals surface area contributed by atoms with E-state index < -0.39 is 23.3 Å². The van der Waals surface area contributed by atoms with Gasteiger partial charge in [0.2, 0.25) is 0 Å². The van der Waals surface area contributed by atoms with Crippen molar-refractivity contribution in [3.05, 3.63) is 68.4 Å². The minimum Gasteiger partial charge on any atom is -0.384 e. The van der Waals surface area contributed by atoms with Gasteiger partial charge in [-0.1, -0.05) is 6.07 Å². The maximum Gasteiger partial charge on any atom is 0.262 e. The van der Waals surface area contributed by atoms with Crippen LogP contribution < -0.4 is 21.9 Å². The first-order valence-electron chi connectivity index (χ1n) is 8.10. The van der Waals surface area contributed by atoms with Crippen LogP contribution in [0.2, 0.25) is 0 Å². The van der Waals surface area contributed by atoms with E-state index in [4.69, 9.17) is 5.73 Å². The van der Waals surface area contributed by atoms with Crippen molar-refractivity contribution < 1.29 is 14.4 Å². The molecule has 3 amide bonds. The summed E-state index contributed by atoms with van der Waals surface area (Å²) in [6.45, 7) is 1.66. The minimum absolute atomic E-state index is 0.0540. The fourth-order valence-electron chi connectivity index (χ4n) is 3.09. The molecule has 3 heterocycles. The number of hydrogen-bond donors (Lipinski definition) is 3. The Morgan fingerprint density at radius 1 is 1.25 bits per heavy atom. The molecule has 28 heavy (non-hydrogen) atoms. The zero-order valence-corrected chi connectivity index (χ0v) is 15.3. The lowest BCUT2D eigenvalue weighted by molar-refractivity contribution is 0.0879. The van der Waals surface area contributed by atoms with Gasteiger partial charge >= 0.3 is 0 Å². The van der Waals surface area contributed by atoms with Crippen molar-refractivity contribution in [1.82, 2.24) is 14.9 Å². The first-order valence-corrected chi connectivity index (χ1v) is 8.98. The Labute approximate surface area is 161 Å². The summed E-state index contributed by atoms with van der Waals surface area (Å²) in [5.74, 6) is -1.88. The molecule has 0 atom stereocenters. The molecule has 0 unspecified atom stereocenters. The third-order valence-corrected chi connectivity index (χ3v) is 5.09. The first-order chi connectivity index (χ1) is 13.4.